The van der Waals surface area contributed by atoms with Crippen molar-refractivity contribution < 1.29 is 23.8 Å². The van der Waals surface area contributed by atoms with Crippen molar-refractivity contribution in [1.29, 1.82) is 0 Å². The van der Waals surface area contributed by atoms with Crippen LogP contribution in [0.2, 0.25) is 0 Å². The molecule has 0 spiro atoms. The van der Waals surface area contributed by atoms with E-state index in [-0.39, 0.29) is 11.7 Å². The number of hydrogen-bond acceptors (Lipinski definition) is 4. The van der Waals surface area contributed by atoms with Crippen molar-refractivity contribution in [3.05, 3.63) is 30.1 Å². The van der Waals surface area contributed by atoms with Gasteiger partial charge in [0, 0.05) is 39.1 Å². The number of amides is 1. The second-order valence-electron chi connectivity index (χ2n) is 6.87. The molecule has 25 heavy (non-hydrogen) atoms. The first-order valence-electron chi connectivity index (χ1n) is 9.08. The van der Waals surface area contributed by atoms with Crippen molar-refractivity contribution in [3.8, 4) is 5.75 Å². The summed E-state index contributed by atoms with van der Waals surface area (Å²) in [5, 5.41) is 10.3. The van der Waals surface area contributed by atoms with Gasteiger partial charge in [-0.15, -0.1) is 0 Å². The normalized spacial score (nSPS) is 25.4. The molecule has 1 amide bonds. The number of rotatable bonds is 4. The van der Waals surface area contributed by atoms with Gasteiger partial charge in [-0.1, -0.05) is 12.1 Å². The highest BCUT2D eigenvalue weighted by Gasteiger charge is 2.30. The third-order valence-corrected chi connectivity index (χ3v) is 5.08. The van der Waals surface area contributed by atoms with Gasteiger partial charge in [0.15, 0.2) is 11.6 Å². The van der Waals surface area contributed by atoms with Gasteiger partial charge in [-0.05, 0) is 37.3 Å². The third-order valence-electron chi connectivity index (χ3n) is 5.08. The highest BCUT2D eigenvalue weighted by molar-refractivity contribution is 5.76. The summed E-state index contributed by atoms with van der Waals surface area (Å²) in [6, 6.07) is 6.19. The van der Waals surface area contributed by atoms with Crippen LogP contribution in [0.25, 0.3) is 0 Å². The number of benzene rings is 1. The topological polar surface area (TPSA) is 59.0 Å². The van der Waals surface area contributed by atoms with Gasteiger partial charge in [-0.25, -0.2) is 4.39 Å². The van der Waals surface area contributed by atoms with Crippen molar-refractivity contribution in [2.45, 2.75) is 44.3 Å². The summed E-state index contributed by atoms with van der Waals surface area (Å²) in [5.74, 6) is 0.227. The molecule has 6 heteroatoms. The number of carbonyl (C=O) groups excluding carboxylic acids is 1. The van der Waals surface area contributed by atoms with Gasteiger partial charge in [-0.3, -0.25) is 4.79 Å². The predicted molar refractivity (Wildman–Crippen MR) is 90.8 cm³/mol. The molecule has 0 aliphatic carbocycles. The Bertz CT molecular complexity index is 576. The summed E-state index contributed by atoms with van der Waals surface area (Å²) in [6.07, 6.45) is 2.13. The van der Waals surface area contributed by atoms with Crippen LogP contribution in [0.3, 0.4) is 0 Å². The Morgan fingerprint density at radius 1 is 1.20 bits per heavy atom. The molecule has 2 saturated heterocycles. The molecule has 0 saturated carbocycles. The van der Waals surface area contributed by atoms with Crippen LogP contribution in [0, 0.1) is 11.7 Å². The minimum absolute atomic E-state index is 0.130. The molecule has 2 aliphatic rings. The first kappa shape index (κ1) is 18.1. The van der Waals surface area contributed by atoms with Crippen LogP contribution in [0.4, 0.5) is 4.39 Å². The number of carbonyl (C=O) groups is 1. The zero-order valence-electron chi connectivity index (χ0n) is 14.4. The fourth-order valence-electron chi connectivity index (χ4n) is 3.48. The Kier molecular flexibility index (Phi) is 6.26. The molecule has 3 rings (SSSR count). The second-order valence-corrected chi connectivity index (χ2v) is 6.87. The molecule has 0 radical (unpaired) electrons. The average Bonchev–Trinajstić information content (AvgIpc) is 2.80. The highest BCUT2D eigenvalue weighted by atomic mass is 19.1. The van der Waals surface area contributed by atoms with E-state index in [4.69, 9.17) is 9.47 Å². The van der Waals surface area contributed by atoms with Crippen molar-refractivity contribution >= 4 is 5.91 Å². The second kappa shape index (κ2) is 8.63. The fourth-order valence-corrected chi connectivity index (χ4v) is 3.48. The number of aliphatic hydroxyl groups excluding tert-OH is 1. The molecule has 1 aromatic rings. The number of halogens is 1. The van der Waals surface area contributed by atoms with Gasteiger partial charge in [0.25, 0.3) is 0 Å². The minimum Gasteiger partial charge on any atom is -0.485 e. The number of ether oxygens (including phenoxy) is 2. The Labute approximate surface area is 147 Å². The molecule has 0 bridgehead atoms. The molecule has 1 N–H and O–H groups in total. The van der Waals surface area contributed by atoms with Gasteiger partial charge in [0.05, 0.1) is 6.10 Å². The first-order chi connectivity index (χ1) is 12.1. The number of hydrogen-bond donors (Lipinski definition) is 1. The summed E-state index contributed by atoms with van der Waals surface area (Å²) in [6.45, 7) is 2.50. The van der Waals surface area contributed by atoms with E-state index in [9.17, 15) is 14.3 Å². The van der Waals surface area contributed by atoms with E-state index in [1.54, 1.807) is 18.2 Å². The van der Waals surface area contributed by atoms with Crippen molar-refractivity contribution in [3.63, 3.8) is 0 Å². The number of aliphatic hydroxyl groups is 1. The van der Waals surface area contributed by atoms with Crippen molar-refractivity contribution in [1.82, 2.24) is 4.90 Å². The lowest BCUT2D eigenvalue weighted by Crippen LogP contribution is -2.34. The van der Waals surface area contributed by atoms with Crippen LogP contribution in [0.1, 0.15) is 32.1 Å². The van der Waals surface area contributed by atoms with E-state index in [0.29, 0.717) is 38.3 Å². The number of para-hydroxylation sites is 1. The number of likely N-dealkylation sites (tertiary alicyclic amines) is 1. The largest absolute Gasteiger partial charge is 0.485 e. The Morgan fingerprint density at radius 3 is 2.68 bits per heavy atom. The van der Waals surface area contributed by atoms with Crippen LogP contribution >= 0.6 is 0 Å². The zero-order chi connectivity index (χ0) is 17.6. The fraction of sp³-hybridized carbons (Fsp3) is 0.632. The molecule has 5 nitrogen and oxygen atoms in total. The lowest BCUT2D eigenvalue weighted by molar-refractivity contribution is -0.132. The molecule has 2 heterocycles. The molecular weight excluding hydrogens is 325 g/mol. The van der Waals surface area contributed by atoms with Crippen LogP contribution < -0.4 is 4.74 Å². The standard InChI is InChI=1S/C19H26FNO4/c20-15-3-1-2-4-17(15)25-18-6-10-21(9-5-16(18)22)19(23)13-14-7-11-24-12-8-14/h1-4,14,16,18,22H,5-13H2/t16-,18-/m0/s1. The van der Waals surface area contributed by atoms with Gasteiger partial charge in [-0.2, -0.15) is 0 Å². The molecule has 0 unspecified atom stereocenters. The van der Waals surface area contributed by atoms with E-state index >= 15 is 0 Å². The summed E-state index contributed by atoms with van der Waals surface area (Å²) >= 11 is 0. The zero-order valence-corrected chi connectivity index (χ0v) is 14.4. The van der Waals surface area contributed by atoms with Gasteiger partial charge >= 0.3 is 0 Å². The smallest absolute Gasteiger partial charge is 0.222 e. The molecule has 2 fully saturated rings. The van der Waals surface area contributed by atoms with Crippen LogP contribution in [0.15, 0.2) is 24.3 Å². The lowest BCUT2D eigenvalue weighted by Gasteiger charge is -2.26. The molecule has 1 aromatic carbocycles. The number of nitrogens with zero attached hydrogens (tertiary/aromatic N) is 1. The quantitative estimate of drug-likeness (QED) is 0.905. The predicted octanol–water partition coefficient (Wildman–Crippen LogP) is 2.37. The Balaban J connectivity index is 1.55. The summed E-state index contributed by atoms with van der Waals surface area (Å²) in [7, 11) is 0. The van der Waals surface area contributed by atoms with Crippen LogP contribution in [0.5, 0.6) is 5.75 Å². The SMILES string of the molecule is O=C(CC1CCOCC1)N1CC[C@H](Oc2ccccc2F)[C@@H](O)CC1. The Hall–Kier alpha value is -1.66. The summed E-state index contributed by atoms with van der Waals surface area (Å²) in [4.78, 5) is 14.4. The lowest BCUT2D eigenvalue weighted by atomic mass is 9.96. The molecule has 2 aliphatic heterocycles. The van der Waals surface area contributed by atoms with Crippen molar-refractivity contribution in [2.24, 2.45) is 5.92 Å². The van der Waals surface area contributed by atoms with Crippen molar-refractivity contribution in [2.75, 3.05) is 26.3 Å². The molecule has 2 atom stereocenters. The maximum absolute atomic E-state index is 13.8. The maximum Gasteiger partial charge on any atom is 0.222 e. The van der Waals surface area contributed by atoms with Gasteiger partial charge in [0.2, 0.25) is 5.91 Å². The van der Waals surface area contributed by atoms with Crippen LogP contribution in [-0.4, -0.2) is 54.4 Å². The third kappa shape index (κ3) is 4.92. The van der Waals surface area contributed by atoms with E-state index in [2.05, 4.69) is 0 Å². The summed E-state index contributed by atoms with van der Waals surface area (Å²) in [5.41, 5.74) is 0. The van der Waals surface area contributed by atoms with Gasteiger partial charge in [0.1, 0.15) is 6.10 Å². The summed E-state index contributed by atoms with van der Waals surface area (Å²) < 4.78 is 24.8. The van der Waals surface area contributed by atoms with Gasteiger partial charge < -0.3 is 19.5 Å². The molecular formula is C19H26FNO4. The molecule has 0 aromatic heterocycles. The monoisotopic (exact) mass is 351 g/mol. The Morgan fingerprint density at radius 2 is 1.92 bits per heavy atom. The van der Waals surface area contributed by atoms with E-state index < -0.39 is 18.0 Å². The molecule has 138 valence electrons. The minimum atomic E-state index is -0.708. The van der Waals surface area contributed by atoms with E-state index in [0.717, 1.165) is 26.1 Å². The highest BCUT2D eigenvalue weighted by Crippen LogP contribution is 2.24. The van der Waals surface area contributed by atoms with Crippen LogP contribution in [-0.2, 0) is 9.53 Å². The van der Waals surface area contributed by atoms with E-state index in [1.807, 2.05) is 4.90 Å². The average molecular weight is 351 g/mol. The maximum atomic E-state index is 13.8. The first-order valence-corrected chi connectivity index (χ1v) is 9.08. The van der Waals surface area contributed by atoms with E-state index in [1.165, 1.54) is 6.07 Å².